The number of anilines is 2. The molecule has 0 spiro atoms. The largest absolute Gasteiger partial charge is 0.508 e. The van der Waals surface area contributed by atoms with E-state index in [4.69, 9.17) is 21.8 Å². The first-order valence-corrected chi connectivity index (χ1v) is 13.2. The predicted octanol–water partition coefficient (Wildman–Crippen LogP) is 4.42. The van der Waals surface area contributed by atoms with Gasteiger partial charge in [-0.15, -0.1) is 0 Å². The van der Waals surface area contributed by atoms with Crippen molar-refractivity contribution < 1.29 is 27.8 Å². The van der Waals surface area contributed by atoms with Gasteiger partial charge in [-0.2, -0.15) is 0 Å². The Morgan fingerprint density at radius 2 is 1.62 bits per heavy atom. The second-order valence-corrected chi connectivity index (χ2v) is 10.5. The number of carboxylic acid groups (broad SMARTS) is 1. The smallest absolute Gasteiger partial charge is 0.336 e. The number of carbonyl (C=O) groups is 1. The number of nitrogens with one attached hydrogen (secondary N) is 2. The predicted molar refractivity (Wildman–Crippen MR) is 151 cm³/mol. The van der Waals surface area contributed by atoms with Crippen LogP contribution in [0.2, 0.25) is 0 Å². The van der Waals surface area contributed by atoms with Gasteiger partial charge in [-0.1, -0.05) is 12.1 Å². The molecule has 0 atom stereocenters. The molecule has 10 nitrogen and oxygen atoms in total. The van der Waals surface area contributed by atoms with Crippen molar-refractivity contribution in [2.75, 3.05) is 10.6 Å². The molecule has 2 aliphatic rings. The molecule has 0 fully saturated rings. The van der Waals surface area contributed by atoms with Crippen molar-refractivity contribution in [3.8, 4) is 28.2 Å². The van der Waals surface area contributed by atoms with Crippen molar-refractivity contribution in [2.45, 2.75) is 4.90 Å². The third kappa shape index (κ3) is 5.29. The Labute approximate surface area is 226 Å². The second-order valence-electron chi connectivity index (χ2n) is 8.53. The maximum atomic E-state index is 12.4. The number of primary sulfonamides is 1. The highest BCUT2D eigenvalue weighted by Gasteiger charge is 2.22. The van der Waals surface area contributed by atoms with Crippen LogP contribution in [0.4, 0.5) is 11.4 Å². The maximum absolute atomic E-state index is 12.4. The Bertz CT molecular complexity index is 1930. The zero-order valence-corrected chi connectivity index (χ0v) is 21.5. The Hall–Kier alpha value is -4.78. The standard InChI is InChI=1S/C27H19N3O7S2/c28-39(35,36)18-3-1-2-14(10-18)29-27(38)30-15-4-7-19(22(11-15)26(33)34)25-20-8-5-16(31)12-23(20)37-24-13-17(32)6-9-21(24)25/h1-13,31H,(H,33,34)(H2,28,35,36)(H2,29,30,38). The fraction of sp³-hybridized carbons (Fsp3) is 0. The molecule has 3 aromatic carbocycles. The molecule has 6 N–H and O–H groups in total. The lowest BCUT2D eigenvalue weighted by Gasteiger charge is -2.18. The van der Waals surface area contributed by atoms with Gasteiger partial charge < -0.3 is 25.3 Å². The maximum Gasteiger partial charge on any atom is 0.336 e. The van der Waals surface area contributed by atoms with Gasteiger partial charge in [0, 0.05) is 40.0 Å². The summed E-state index contributed by atoms with van der Waals surface area (Å²) >= 11 is 5.32. The summed E-state index contributed by atoms with van der Waals surface area (Å²) < 4.78 is 29.1. The molecule has 0 radical (unpaired) electrons. The highest BCUT2D eigenvalue weighted by Crippen LogP contribution is 2.42. The monoisotopic (exact) mass is 561 g/mol. The molecular weight excluding hydrogens is 542 g/mol. The summed E-state index contributed by atoms with van der Waals surface area (Å²) in [6.45, 7) is 0. The number of hydrogen-bond acceptors (Lipinski definition) is 7. The number of rotatable bonds is 5. The number of fused-ring (bicyclic) bond motifs is 2. The van der Waals surface area contributed by atoms with E-state index in [1.54, 1.807) is 30.3 Å². The number of carboxylic acids is 1. The molecule has 0 unspecified atom stereocenters. The van der Waals surface area contributed by atoms with E-state index < -0.39 is 16.0 Å². The first kappa shape index (κ1) is 25.9. The van der Waals surface area contributed by atoms with Crippen LogP contribution in [0.5, 0.6) is 5.75 Å². The lowest BCUT2D eigenvalue weighted by atomic mass is 9.90. The molecule has 5 rings (SSSR count). The Balaban J connectivity index is 1.56. The normalized spacial score (nSPS) is 11.4. The third-order valence-electron chi connectivity index (χ3n) is 5.87. The first-order valence-electron chi connectivity index (χ1n) is 11.3. The van der Waals surface area contributed by atoms with Crippen LogP contribution in [0, 0.1) is 0 Å². The molecule has 0 bridgehead atoms. The highest BCUT2D eigenvalue weighted by atomic mass is 32.2. The molecule has 3 aromatic rings. The molecule has 196 valence electrons. The molecule has 12 heteroatoms. The average molecular weight is 562 g/mol. The number of aromatic hydroxyl groups is 1. The molecule has 1 aliphatic heterocycles. The summed E-state index contributed by atoms with van der Waals surface area (Å²) in [4.78, 5) is 24.3. The van der Waals surface area contributed by atoms with Crippen molar-refractivity contribution >= 4 is 55.7 Å². The van der Waals surface area contributed by atoms with Gasteiger partial charge >= 0.3 is 5.97 Å². The van der Waals surface area contributed by atoms with Crippen molar-refractivity contribution in [3.63, 3.8) is 0 Å². The summed E-state index contributed by atoms with van der Waals surface area (Å²) in [5.41, 5.74) is 2.01. The second kappa shape index (κ2) is 9.83. The van der Waals surface area contributed by atoms with Crippen LogP contribution in [0.3, 0.4) is 0 Å². The summed E-state index contributed by atoms with van der Waals surface area (Å²) in [7, 11) is -3.91. The molecule has 39 heavy (non-hydrogen) atoms. The molecular formula is C27H19N3O7S2. The van der Waals surface area contributed by atoms with E-state index in [0.29, 0.717) is 33.5 Å². The topological polar surface area (TPSA) is 172 Å². The number of nitrogens with two attached hydrogens (primary N) is 1. The van der Waals surface area contributed by atoms with Crippen LogP contribution in [-0.4, -0.2) is 29.7 Å². The van der Waals surface area contributed by atoms with Gasteiger partial charge in [0.15, 0.2) is 10.5 Å². The van der Waals surface area contributed by atoms with E-state index in [9.17, 15) is 28.2 Å². The van der Waals surface area contributed by atoms with Gasteiger partial charge in [0.2, 0.25) is 10.0 Å². The van der Waals surface area contributed by atoms with Gasteiger partial charge in [-0.05, 0) is 72.4 Å². The number of benzene rings is 4. The van der Waals surface area contributed by atoms with Crippen LogP contribution in [-0.2, 0) is 10.0 Å². The van der Waals surface area contributed by atoms with E-state index >= 15 is 0 Å². The average Bonchev–Trinajstić information content (AvgIpc) is 2.86. The van der Waals surface area contributed by atoms with Gasteiger partial charge in [0.1, 0.15) is 17.1 Å². The third-order valence-corrected chi connectivity index (χ3v) is 6.99. The fourth-order valence-electron chi connectivity index (χ4n) is 4.21. The molecule has 0 aromatic heterocycles. The fourth-order valence-corrected chi connectivity index (χ4v) is 5.01. The van der Waals surface area contributed by atoms with Gasteiger partial charge in [0.05, 0.1) is 10.5 Å². The van der Waals surface area contributed by atoms with E-state index in [0.717, 1.165) is 0 Å². The van der Waals surface area contributed by atoms with Crippen LogP contribution in [0.15, 0.2) is 93.0 Å². The minimum absolute atomic E-state index is 0.0524. The summed E-state index contributed by atoms with van der Waals surface area (Å²) in [6, 6.07) is 19.1. The van der Waals surface area contributed by atoms with E-state index in [-0.39, 0.29) is 38.1 Å². The van der Waals surface area contributed by atoms with Crippen LogP contribution in [0.1, 0.15) is 10.4 Å². The van der Waals surface area contributed by atoms with Crippen LogP contribution in [0.25, 0.3) is 33.4 Å². The minimum Gasteiger partial charge on any atom is -0.508 e. The number of thiocarbonyl (C=S) groups is 1. The van der Waals surface area contributed by atoms with E-state index in [2.05, 4.69) is 10.6 Å². The lowest BCUT2D eigenvalue weighted by Crippen LogP contribution is -2.20. The number of hydrogen-bond donors (Lipinski definition) is 5. The first-order chi connectivity index (χ1) is 18.5. The zero-order valence-electron chi connectivity index (χ0n) is 19.8. The summed E-state index contributed by atoms with van der Waals surface area (Å²) in [6.07, 6.45) is 0. The van der Waals surface area contributed by atoms with Crippen LogP contribution < -0.4 is 21.2 Å². The number of aromatic carboxylic acids is 1. The van der Waals surface area contributed by atoms with E-state index in [1.807, 2.05) is 0 Å². The lowest BCUT2D eigenvalue weighted by molar-refractivity contribution is 0.0697. The van der Waals surface area contributed by atoms with Crippen LogP contribution >= 0.6 is 12.2 Å². The Kier molecular flexibility index (Phi) is 6.52. The molecule has 1 heterocycles. The van der Waals surface area contributed by atoms with Gasteiger partial charge in [-0.3, -0.25) is 4.79 Å². The number of phenols is 1. The highest BCUT2D eigenvalue weighted by molar-refractivity contribution is 7.89. The number of sulfonamides is 1. The van der Waals surface area contributed by atoms with Crippen molar-refractivity contribution in [3.05, 3.63) is 94.6 Å². The van der Waals surface area contributed by atoms with E-state index in [1.165, 1.54) is 48.5 Å². The molecule has 0 amide bonds. The SMILES string of the molecule is NS(=O)(=O)c1cccc(NC(=S)Nc2ccc(-c3c4ccc(=O)cc-4oc4cc(O)ccc34)c(C(=O)O)c2)c1. The van der Waals surface area contributed by atoms with Crippen molar-refractivity contribution in [1.29, 1.82) is 0 Å². The Morgan fingerprint density at radius 1 is 0.897 bits per heavy atom. The minimum atomic E-state index is -3.91. The zero-order chi connectivity index (χ0) is 27.9. The number of phenolic OH excluding ortho intramolecular Hbond substituents is 1. The van der Waals surface area contributed by atoms with Gasteiger partial charge in [0.25, 0.3) is 0 Å². The molecule has 0 saturated carbocycles. The quantitative estimate of drug-likeness (QED) is 0.153. The molecule has 0 saturated heterocycles. The Morgan fingerprint density at radius 3 is 2.33 bits per heavy atom. The summed E-state index contributed by atoms with van der Waals surface area (Å²) in [5.74, 6) is -1.03. The summed E-state index contributed by atoms with van der Waals surface area (Å²) in [5, 5.41) is 31.6. The van der Waals surface area contributed by atoms with Crippen molar-refractivity contribution in [1.82, 2.24) is 0 Å². The van der Waals surface area contributed by atoms with Crippen molar-refractivity contribution in [2.24, 2.45) is 5.14 Å². The molecule has 1 aliphatic carbocycles. The van der Waals surface area contributed by atoms with Gasteiger partial charge in [-0.25, -0.2) is 18.4 Å².